The lowest BCUT2D eigenvalue weighted by Crippen LogP contribution is -2.26. The van der Waals surface area contributed by atoms with Gasteiger partial charge in [0.15, 0.2) is 0 Å². The van der Waals surface area contributed by atoms with Crippen LogP contribution in [0.2, 0.25) is 0 Å². The Kier molecular flexibility index (Phi) is 4.06. The summed E-state index contributed by atoms with van der Waals surface area (Å²) < 4.78 is 14.6. The molecule has 0 aliphatic rings. The SMILES string of the molecule is CC(C)(COP(=O)(O)O)CC(N)=O. The van der Waals surface area contributed by atoms with Crippen LogP contribution in [0.3, 0.4) is 0 Å². The Morgan fingerprint density at radius 1 is 1.54 bits per heavy atom. The lowest BCUT2D eigenvalue weighted by Gasteiger charge is -2.22. The first-order valence-corrected chi connectivity index (χ1v) is 5.14. The summed E-state index contributed by atoms with van der Waals surface area (Å²) in [6, 6.07) is 0. The minimum Gasteiger partial charge on any atom is -0.370 e. The molecule has 0 heterocycles. The van der Waals surface area contributed by atoms with Crippen molar-refractivity contribution in [2.45, 2.75) is 20.3 Å². The number of carbonyl (C=O) groups excluding carboxylic acids is 1. The Balaban J connectivity index is 4.03. The van der Waals surface area contributed by atoms with Crippen LogP contribution in [0.1, 0.15) is 20.3 Å². The summed E-state index contributed by atoms with van der Waals surface area (Å²) in [6.07, 6.45) is 0.0208. The van der Waals surface area contributed by atoms with Gasteiger partial charge in [-0.2, -0.15) is 0 Å². The van der Waals surface area contributed by atoms with E-state index in [0.717, 1.165) is 0 Å². The zero-order valence-electron chi connectivity index (χ0n) is 7.56. The fraction of sp³-hybridized carbons (Fsp3) is 0.833. The number of nitrogens with two attached hydrogens (primary N) is 1. The fourth-order valence-corrected chi connectivity index (χ4v) is 1.30. The van der Waals surface area contributed by atoms with Gasteiger partial charge in [0.2, 0.25) is 5.91 Å². The van der Waals surface area contributed by atoms with E-state index in [0.29, 0.717) is 0 Å². The van der Waals surface area contributed by atoms with Crippen LogP contribution in [0, 0.1) is 5.41 Å². The van der Waals surface area contributed by atoms with Crippen molar-refractivity contribution in [3.05, 3.63) is 0 Å². The van der Waals surface area contributed by atoms with Crippen LogP contribution in [0.4, 0.5) is 0 Å². The molecule has 0 rings (SSSR count). The van der Waals surface area contributed by atoms with Crippen LogP contribution in [0.5, 0.6) is 0 Å². The number of hydrogen-bond donors (Lipinski definition) is 3. The van der Waals surface area contributed by atoms with E-state index >= 15 is 0 Å². The van der Waals surface area contributed by atoms with Crippen LogP contribution in [-0.2, 0) is 13.9 Å². The molecule has 1 amide bonds. The molecule has 78 valence electrons. The summed E-state index contributed by atoms with van der Waals surface area (Å²) in [7, 11) is -4.46. The molecule has 0 aromatic rings. The zero-order chi connectivity index (χ0) is 10.7. The molecule has 4 N–H and O–H groups in total. The molecule has 0 aromatic carbocycles. The van der Waals surface area contributed by atoms with Crippen molar-refractivity contribution in [1.29, 1.82) is 0 Å². The lowest BCUT2D eigenvalue weighted by atomic mass is 9.90. The zero-order valence-corrected chi connectivity index (χ0v) is 8.45. The third-order valence-electron chi connectivity index (χ3n) is 1.28. The quantitative estimate of drug-likeness (QED) is 0.554. The molecule has 0 aliphatic heterocycles. The minimum absolute atomic E-state index is 0.0208. The molecule has 0 spiro atoms. The molecule has 0 aliphatic carbocycles. The first-order valence-electron chi connectivity index (χ1n) is 3.61. The molecule has 7 heteroatoms. The monoisotopic (exact) mass is 211 g/mol. The maximum atomic E-state index is 10.5. The Morgan fingerprint density at radius 3 is 2.31 bits per heavy atom. The molecular formula is C6H14NO5P. The molecule has 0 saturated heterocycles. The van der Waals surface area contributed by atoms with Gasteiger partial charge in [0.05, 0.1) is 6.61 Å². The molecule has 0 atom stereocenters. The third-order valence-corrected chi connectivity index (χ3v) is 1.74. The maximum absolute atomic E-state index is 10.5. The van der Waals surface area contributed by atoms with E-state index in [9.17, 15) is 9.36 Å². The highest BCUT2D eigenvalue weighted by molar-refractivity contribution is 7.46. The number of hydrogen-bond acceptors (Lipinski definition) is 3. The molecule has 0 bridgehead atoms. The number of amides is 1. The van der Waals surface area contributed by atoms with Crippen molar-refractivity contribution in [3.8, 4) is 0 Å². The molecule has 0 unspecified atom stereocenters. The van der Waals surface area contributed by atoms with E-state index < -0.39 is 19.1 Å². The van der Waals surface area contributed by atoms with E-state index in [1.165, 1.54) is 0 Å². The number of rotatable bonds is 5. The maximum Gasteiger partial charge on any atom is 0.469 e. The largest absolute Gasteiger partial charge is 0.469 e. The van der Waals surface area contributed by atoms with Gasteiger partial charge in [0.1, 0.15) is 0 Å². The van der Waals surface area contributed by atoms with Crippen LogP contribution >= 0.6 is 7.82 Å². The molecule has 13 heavy (non-hydrogen) atoms. The second-order valence-corrected chi connectivity index (χ2v) is 4.81. The van der Waals surface area contributed by atoms with Crippen molar-refractivity contribution in [2.75, 3.05) is 6.61 Å². The fourth-order valence-electron chi connectivity index (χ4n) is 0.782. The molecule has 6 nitrogen and oxygen atoms in total. The first kappa shape index (κ1) is 12.6. The first-order chi connectivity index (χ1) is 5.62. The number of primary amides is 1. The average Bonchev–Trinajstić information content (AvgIpc) is 1.79. The average molecular weight is 211 g/mol. The summed E-state index contributed by atoms with van der Waals surface area (Å²) in [4.78, 5) is 27.3. The second kappa shape index (κ2) is 4.19. The summed E-state index contributed by atoms with van der Waals surface area (Å²) in [5.41, 5.74) is 4.27. The van der Waals surface area contributed by atoms with E-state index in [2.05, 4.69) is 4.52 Å². The molecule has 0 fully saturated rings. The highest BCUT2D eigenvalue weighted by atomic mass is 31.2. The van der Waals surface area contributed by atoms with Crippen LogP contribution in [-0.4, -0.2) is 22.3 Å². The van der Waals surface area contributed by atoms with Gasteiger partial charge in [-0.25, -0.2) is 4.57 Å². The van der Waals surface area contributed by atoms with Crippen LogP contribution in [0.15, 0.2) is 0 Å². The standard InChI is InChI=1S/C6H14NO5P/c1-6(2,3-5(7)8)4-12-13(9,10)11/h3-4H2,1-2H3,(H2,7,8)(H2,9,10,11). The summed E-state index contributed by atoms with van der Waals surface area (Å²) >= 11 is 0. The van der Waals surface area contributed by atoms with Crippen LogP contribution < -0.4 is 5.73 Å². The number of phosphoric acid groups is 1. The Labute approximate surface area is 76.3 Å². The van der Waals surface area contributed by atoms with Gasteiger partial charge in [-0.05, 0) is 5.41 Å². The predicted octanol–water partition coefficient (Wildman–Crippen LogP) is -0.00270. The topological polar surface area (TPSA) is 110 Å². The Morgan fingerprint density at radius 2 is 2.00 bits per heavy atom. The number of phosphoric ester groups is 1. The van der Waals surface area contributed by atoms with E-state index in [-0.39, 0.29) is 13.0 Å². The van der Waals surface area contributed by atoms with Gasteiger partial charge in [0.25, 0.3) is 0 Å². The van der Waals surface area contributed by atoms with Gasteiger partial charge in [-0.1, -0.05) is 13.8 Å². The van der Waals surface area contributed by atoms with Crippen LogP contribution in [0.25, 0.3) is 0 Å². The Hall–Kier alpha value is -0.420. The second-order valence-electron chi connectivity index (χ2n) is 3.57. The molecule has 0 saturated carbocycles. The van der Waals surface area contributed by atoms with Gasteiger partial charge in [-0.3, -0.25) is 9.32 Å². The predicted molar refractivity (Wildman–Crippen MR) is 45.6 cm³/mol. The molecule has 0 aromatic heterocycles. The van der Waals surface area contributed by atoms with Crippen molar-refractivity contribution in [2.24, 2.45) is 11.1 Å². The van der Waals surface area contributed by atoms with Crippen molar-refractivity contribution in [3.63, 3.8) is 0 Å². The number of carbonyl (C=O) groups is 1. The minimum atomic E-state index is -4.46. The van der Waals surface area contributed by atoms with Crippen molar-refractivity contribution in [1.82, 2.24) is 0 Å². The highest BCUT2D eigenvalue weighted by Gasteiger charge is 2.25. The Bertz CT molecular complexity index is 233. The van der Waals surface area contributed by atoms with Gasteiger partial charge in [0, 0.05) is 6.42 Å². The summed E-state index contributed by atoms with van der Waals surface area (Å²) in [5, 5.41) is 0. The summed E-state index contributed by atoms with van der Waals surface area (Å²) in [6.45, 7) is 3.06. The normalized spacial score (nSPS) is 12.9. The smallest absolute Gasteiger partial charge is 0.370 e. The van der Waals surface area contributed by atoms with Gasteiger partial charge < -0.3 is 15.5 Å². The van der Waals surface area contributed by atoms with E-state index in [1.54, 1.807) is 13.8 Å². The van der Waals surface area contributed by atoms with E-state index in [1.807, 2.05) is 0 Å². The lowest BCUT2D eigenvalue weighted by molar-refractivity contribution is -0.120. The van der Waals surface area contributed by atoms with Gasteiger partial charge >= 0.3 is 7.82 Å². The molecular weight excluding hydrogens is 197 g/mol. The van der Waals surface area contributed by atoms with Crippen molar-refractivity contribution >= 4 is 13.7 Å². The van der Waals surface area contributed by atoms with Gasteiger partial charge in [-0.15, -0.1) is 0 Å². The highest BCUT2D eigenvalue weighted by Crippen LogP contribution is 2.38. The van der Waals surface area contributed by atoms with E-state index in [4.69, 9.17) is 15.5 Å². The van der Waals surface area contributed by atoms with Crippen molar-refractivity contribution < 1.29 is 23.7 Å². The third kappa shape index (κ3) is 7.93. The molecule has 0 radical (unpaired) electrons. The summed E-state index contributed by atoms with van der Waals surface area (Å²) in [5.74, 6) is -0.528.